The van der Waals surface area contributed by atoms with E-state index in [0.717, 1.165) is 11.3 Å². The van der Waals surface area contributed by atoms with Crippen molar-refractivity contribution in [2.24, 2.45) is 0 Å². The molecule has 3 rings (SSSR count). The number of carbonyl (C=O) groups excluding carboxylic acids is 1. The lowest BCUT2D eigenvalue weighted by molar-refractivity contribution is 0.0779. The van der Waals surface area contributed by atoms with E-state index in [9.17, 15) is 4.79 Å². The van der Waals surface area contributed by atoms with Gasteiger partial charge in [0.15, 0.2) is 0 Å². The summed E-state index contributed by atoms with van der Waals surface area (Å²) in [4.78, 5) is 23.0. The number of hydrogen-bond acceptors (Lipinski definition) is 5. The van der Waals surface area contributed by atoms with E-state index in [4.69, 9.17) is 5.26 Å². The van der Waals surface area contributed by atoms with Crippen LogP contribution < -0.4 is 0 Å². The normalized spacial score (nSPS) is 11.3. The zero-order valence-electron chi connectivity index (χ0n) is 15.3. The van der Waals surface area contributed by atoms with Gasteiger partial charge in [-0.2, -0.15) is 15.3 Å². The maximum Gasteiger partial charge on any atom is 0.272 e. The van der Waals surface area contributed by atoms with Gasteiger partial charge in [-0.15, -0.1) is 0 Å². The third kappa shape index (κ3) is 3.40. The van der Waals surface area contributed by atoms with E-state index in [2.05, 4.69) is 41.9 Å². The highest BCUT2D eigenvalue weighted by Gasteiger charge is 2.23. The van der Waals surface area contributed by atoms with E-state index < -0.39 is 0 Å². The molecule has 7 heteroatoms. The first-order valence-electron chi connectivity index (χ1n) is 8.25. The molecule has 0 saturated carbocycles. The summed E-state index contributed by atoms with van der Waals surface area (Å²) in [7, 11) is 1.72. The van der Waals surface area contributed by atoms with Crippen LogP contribution in [0.25, 0.3) is 5.78 Å². The Morgan fingerprint density at radius 3 is 2.77 bits per heavy atom. The van der Waals surface area contributed by atoms with Gasteiger partial charge < -0.3 is 4.90 Å². The fourth-order valence-corrected chi connectivity index (χ4v) is 2.74. The molecule has 0 bridgehead atoms. The van der Waals surface area contributed by atoms with Crippen molar-refractivity contribution in [2.45, 2.75) is 32.7 Å². The minimum atomic E-state index is -0.219. The lowest BCUT2D eigenvalue weighted by Gasteiger charge is -2.22. The van der Waals surface area contributed by atoms with Crippen LogP contribution in [0.3, 0.4) is 0 Å². The van der Waals surface area contributed by atoms with Crippen LogP contribution in [0.1, 0.15) is 48.1 Å². The summed E-state index contributed by atoms with van der Waals surface area (Å²) in [6, 6.07) is 11.1. The van der Waals surface area contributed by atoms with E-state index >= 15 is 0 Å². The highest BCUT2D eigenvalue weighted by atomic mass is 16.2. The monoisotopic (exact) mass is 348 g/mol. The molecule has 2 heterocycles. The van der Waals surface area contributed by atoms with E-state index in [-0.39, 0.29) is 11.3 Å². The van der Waals surface area contributed by atoms with Crippen LogP contribution in [-0.2, 0) is 12.0 Å². The second-order valence-electron chi connectivity index (χ2n) is 7.22. The number of rotatable bonds is 3. The quantitative estimate of drug-likeness (QED) is 0.726. The molecule has 132 valence electrons. The van der Waals surface area contributed by atoms with Crippen molar-refractivity contribution < 1.29 is 4.79 Å². The third-order valence-corrected chi connectivity index (χ3v) is 4.06. The van der Waals surface area contributed by atoms with Gasteiger partial charge in [0.25, 0.3) is 11.7 Å². The summed E-state index contributed by atoms with van der Waals surface area (Å²) in [5.74, 6) is 0.198. The molecule has 0 radical (unpaired) electrons. The number of aromatic nitrogens is 4. The second-order valence-corrected chi connectivity index (χ2v) is 7.22. The van der Waals surface area contributed by atoms with Gasteiger partial charge in [-0.05, 0) is 23.8 Å². The van der Waals surface area contributed by atoms with Gasteiger partial charge in [0, 0.05) is 19.0 Å². The fraction of sp³-hybridized carbons (Fsp3) is 0.316. The molecule has 3 aromatic rings. The summed E-state index contributed by atoms with van der Waals surface area (Å²) in [6.45, 7) is 6.54. The van der Waals surface area contributed by atoms with Gasteiger partial charge in [-0.3, -0.25) is 4.79 Å². The molecular weight excluding hydrogens is 328 g/mol. The van der Waals surface area contributed by atoms with Gasteiger partial charge in [0.2, 0.25) is 0 Å². The Morgan fingerprint density at radius 2 is 2.08 bits per heavy atom. The number of nitrogens with zero attached hydrogens (tertiary/aromatic N) is 6. The number of nitriles is 1. The summed E-state index contributed by atoms with van der Waals surface area (Å²) >= 11 is 0. The van der Waals surface area contributed by atoms with Gasteiger partial charge in [0.1, 0.15) is 12.0 Å². The van der Waals surface area contributed by atoms with Crippen LogP contribution >= 0.6 is 0 Å². The summed E-state index contributed by atoms with van der Waals surface area (Å²) in [5.41, 5.74) is 2.43. The van der Waals surface area contributed by atoms with Crippen LogP contribution in [0.4, 0.5) is 0 Å². The van der Waals surface area contributed by atoms with E-state index in [1.807, 2.05) is 12.1 Å². The number of hydrogen-bond donors (Lipinski definition) is 0. The minimum absolute atomic E-state index is 0.205. The first kappa shape index (κ1) is 17.5. The maximum absolute atomic E-state index is 12.9. The summed E-state index contributed by atoms with van der Waals surface area (Å²) in [5, 5.41) is 13.2. The van der Waals surface area contributed by atoms with Crippen molar-refractivity contribution >= 4 is 11.7 Å². The average Bonchev–Trinajstić information content (AvgIpc) is 3.07. The van der Waals surface area contributed by atoms with Gasteiger partial charge in [-0.1, -0.05) is 32.9 Å². The lowest BCUT2D eigenvalue weighted by atomic mass is 9.91. The lowest BCUT2D eigenvalue weighted by Crippen LogP contribution is -2.28. The largest absolute Gasteiger partial charge is 0.336 e. The third-order valence-electron chi connectivity index (χ3n) is 4.06. The molecule has 0 aliphatic heterocycles. The van der Waals surface area contributed by atoms with Crippen molar-refractivity contribution in [3.8, 4) is 6.07 Å². The van der Waals surface area contributed by atoms with Crippen molar-refractivity contribution in [3.05, 3.63) is 59.2 Å². The van der Waals surface area contributed by atoms with Crippen molar-refractivity contribution in [1.29, 1.82) is 5.26 Å². The molecule has 0 saturated heterocycles. The summed E-state index contributed by atoms with van der Waals surface area (Å²) in [6.07, 6.45) is 1.43. The topological polar surface area (TPSA) is 87.2 Å². The van der Waals surface area contributed by atoms with Crippen molar-refractivity contribution in [3.63, 3.8) is 0 Å². The number of carbonyl (C=O) groups is 1. The molecule has 1 aromatic carbocycles. The molecule has 7 nitrogen and oxygen atoms in total. The van der Waals surface area contributed by atoms with Gasteiger partial charge >= 0.3 is 0 Å². The Labute approximate surface area is 151 Å². The molecule has 0 atom stereocenters. The standard InChI is InChI=1S/C19H20N6O/c1-19(2,3)16-9-15(23-18-21-12-22-25(16)18)17(26)24(4)11-14-7-5-6-13(8-14)10-20/h5-9,12H,11H2,1-4H3. The number of benzene rings is 1. The average molecular weight is 348 g/mol. The predicted molar refractivity (Wildman–Crippen MR) is 96.4 cm³/mol. The zero-order valence-corrected chi connectivity index (χ0v) is 15.3. The Hall–Kier alpha value is -3.27. The molecule has 0 unspecified atom stereocenters. The molecule has 0 N–H and O–H groups in total. The first-order valence-corrected chi connectivity index (χ1v) is 8.25. The van der Waals surface area contributed by atoms with Crippen molar-refractivity contribution in [1.82, 2.24) is 24.5 Å². The Bertz CT molecular complexity index is 1010. The highest BCUT2D eigenvalue weighted by Crippen LogP contribution is 2.23. The molecular formula is C19H20N6O. The number of amides is 1. The number of fused-ring (bicyclic) bond motifs is 1. The summed E-state index contributed by atoms with van der Waals surface area (Å²) < 4.78 is 1.66. The highest BCUT2D eigenvalue weighted by molar-refractivity contribution is 5.92. The molecule has 26 heavy (non-hydrogen) atoms. The SMILES string of the molecule is CN(Cc1cccc(C#N)c1)C(=O)c1cc(C(C)(C)C)n2ncnc2n1. The first-order chi connectivity index (χ1) is 12.3. The van der Waals surface area contributed by atoms with Crippen LogP contribution in [0, 0.1) is 11.3 Å². The molecule has 2 aromatic heterocycles. The van der Waals surface area contributed by atoms with Crippen LogP contribution in [0.2, 0.25) is 0 Å². The van der Waals surface area contributed by atoms with Crippen LogP contribution in [-0.4, -0.2) is 37.4 Å². The molecule has 0 spiro atoms. The molecule has 0 aliphatic carbocycles. The Balaban J connectivity index is 1.93. The van der Waals surface area contributed by atoms with E-state index in [0.29, 0.717) is 23.6 Å². The molecule has 0 aliphatic rings. The molecule has 1 amide bonds. The van der Waals surface area contributed by atoms with Crippen molar-refractivity contribution in [2.75, 3.05) is 7.05 Å². The zero-order chi connectivity index (χ0) is 18.9. The minimum Gasteiger partial charge on any atom is -0.336 e. The maximum atomic E-state index is 12.9. The second kappa shape index (κ2) is 6.56. The van der Waals surface area contributed by atoms with E-state index in [1.165, 1.54) is 6.33 Å². The van der Waals surface area contributed by atoms with Gasteiger partial charge in [0.05, 0.1) is 17.3 Å². The Kier molecular flexibility index (Phi) is 4.43. The smallest absolute Gasteiger partial charge is 0.272 e. The predicted octanol–water partition coefficient (Wildman–Crippen LogP) is 2.57. The van der Waals surface area contributed by atoms with Crippen LogP contribution in [0.15, 0.2) is 36.7 Å². The van der Waals surface area contributed by atoms with Crippen LogP contribution in [0.5, 0.6) is 0 Å². The van der Waals surface area contributed by atoms with Gasteiger partial charge in [-0.25, -0.2) is 9.50 Å². The Morgan fingerprint density at radius 1 is 1.31 bits per heavy atom. The van der Waals surface area contributed by atoms with E-state index in [1.54, 1.807) is 34.7 Å². The molecule has 0 fully saturated rings. The fourth-order valence-electron chi connectivity index (χ4n) is 2.74.